The van der Waals surface area contributed by atoms with Gasteiger partial charge >= 0.3 is 0 Å². The van der Waals surface area contributed by atoms with Crippen LogP contribution in [-0.2, 0) is 0 Å². The Kier molecular flexibility index (Phi) is 5.05. The highest BCUT2D eigenvalue weighted by Gasteiger charge is 2.34. The van der Waals surface area contributed by atoms with Gasteiger partial charge < -0.3 is 4.90 Å². The molecular weight excluding hydrogens is 282 g/mol. The summed E-state index contributed by atoms with van der Waals surface area (Å²) >= 11 is 5.90. The number of hydrogen-bond donors (Lipinski definition) is 0. The van der Waals surface area contributed by atoms with Gasteiger partial charge in [-0.3, -0.25) is 0 Å². The number of alkyl halides is 1. The molecule has 1 nitrogen and oxygen atoms in total. The Morgan fingerprint density at radius 3 is 2.62 bits per heavy atom. The molecule has 0 spiro atoms. The quantitative estimate of drug-likeness (QED) is 0.727. The maximum absolute atomic E-state index is 3.77. The van der Waals surface area contributed by atoms with Crippen LogP contribution in [0.25, 0.3) is 0 Å². The molecule has 0 bridgehead atoms. The molecule has 0 aromatic heterocycles. The molecule has 1 aliphatic carbocycles. The number of hydrogen-bond acceptors (Lipinski definition) is 2. The molecule has 1 atom stereocenters. The summed E-state index contributed by atoms with van der Waals surface area (Å²) in [5, 5.41) is 1.20. The average molecular weight is 306 g/mol. The first-order chi connectivity index (χ1) is 7.76. The second kappa shape index (κ2) is 6.10. The molecule has 94 valence electrons. The molecular formula is C13H24BrNS. The standard InChI is InChI=1S/C13H24BrNS/c1-15(12-5-8-16-9-12)11-13(10-14)6-3-2-4-7-13/h12H,2-11H2,1H3. The molecule has 0 aromatic carbocycles. The third-order valence-electron chi connectivity index (χ3n) is 4.31. The van der Waals surface area contributed by atoms with Gasteiger partial charge in [-0.1, -0.05) is 35.2 Å². The van der Waals surface area contributed by atoms with Crippen LogP contribution in [0.1, 0.15) is 38.5 Å². The van der Waals surface area contributed by atoms with Gasteiger partial charge in [-0.15, -0.1) is 0 Å². The highest BCUT2D eigenvalue weighted by atomic mass is 79.9. The van der Waals surface area contributed by atoms with E-state index in [2.05, 4.69) is 39.6 Å². The molecule has 3 heteroatoms. The average Bonchev–Trinajstić information content (AvgIpc) is 2.84. The zero-order chi connectivity index (χ0) is 11.4. The maximum atomic E-state index is 3.77. The second-order valence-electron chi connectivity index (χ2n) is 5.63. The minimum Gasteiger partial charge on any atom is -0.302 e. The minimum absolute atomic E-state index is 0.584. The van der Waals surface area contributed by atoms with E-state index in [1.54, 1.807) is 0 Å². The zero-order valence-electron chi connectivity index (χ0n) is 10.4. The van der Waals surface area contributed by atoms with Crippen molar-refractivity contribution in [1.82, 2.24) is 4.90 Å². The fraction of sp³-hybridized carbons (Fsp3) is 1.00. The van der Waals surface area contributed by atoms with E-state index in [-0.39, 0.29) is 0 Å². The first-order valence-electron chi connectivity index (χ1n) is 6.60. The molecule has 1 aliphatic heterocycles. The van der Waals surface area contributed by atoms with Crippen LogP contribution in [0.2, 0.25) is 0 Å². The lowest BCUT2D eigenvalue weighted by molar-refractivity contribution is 0.122. The molecule has 0 N–H and O–H groups in total. The fourth-order valence-corrected chi connectivity index (χ4v) is 5.20. The van der Waals surface area contributed by atoms with Crippen molar-refractivity contribution < 1.29 is 0 Å². The Morgan fingerprint density at radius 2 is 2.06 bits per heavy atom. The molecule has 2 aliphatic rings. The number of rotatable bonds is 4. The van der Waals surface area contributed by atoms with Crippen LogP contribution in [0, 0.1) is 5.41 Å². The third kappa shape index (κ3) is 3.17. The van der Waals surface area contributed by atoms with Crippen molar-refractivity contribution in [1.29, 1.82) is 0 Å². The first kappa shape index (κ1) is 13.2. The summed E-state index contributed by atoms with van der Waals surface area (Å²) in [6, 6.07) is 0.850. The van der Waals surface area contributed by atoms with Gasteiger partial charge in [0, 0.05) is 23.7 Å². The molecule has 1 heterocycles. The van der Waals surface area contributed by atoms with Gasteiger partial charge in [0.05, 0.1) is 0 Å². The predicted molar refractivity (Wildman–Crippen MR) is 77.7 cm³/mol. The van der Waals surface area contributed by atoms with Crippen molar-refractivity contribution in [2.45, 2.75) is 44.6 Å². The van der Waals surface area contributed by atoms with Crippen LogP contribution in [0.15, 0.2) is 0 Å². The minimum atomic E-state index is 0.584. The van der Waals surface area contributed by atoms with Crippen molar-refractivity contribution >= 4 is 27.7 Å². The van der Waals surface area contributed by atoms with E-state index in [9.17, 15) is 0 Å². The van der Waals surface area contributed by atoms with Gasteiger partial charge in [-0.05, 0) is 37.5 Å². The van der Waals surface area contributed by atoms with Crippen molar-refractivity contribution in [2.24, 2.45) is 5.41 Å². The summed E-state index contributed by atoms with van der Waals surface area (Å²) in [5.41, 5.74) is 0.584. The fourth-order valence-electron chi connectivity index (χ4n) is 3.16. The van der Waals surface area contributed by atoms with Gasteiger partial charge in [0.2, 0.25) is 0 Å². The van der Waals surface area contributed by atoms with E-state index in [1.807, 2.05) is 0 Å². The molecule has 0 radical (unpaired) electrons. The second-order valence-corrected chi connectivity index (χ2v) is 7.34. The molecule has 16 heavy (non-hydrogen) atoms. The van der Waals surface area contributed by atoms with Crippen LogP contribution in [-0.4, -0.2) is 41.4 Å². The van der Waals surface area contributed by atoms with Crippen LogP contribution >= 0.6 is 27.7 Å². The molecule has 1 saturated heterocycles. The lowest BCUT2D eigenvalue weighted by Crippen LogP contribution is -2.43. The van der Waals surface area contributed by atoms with Gasteiger partial charge in [0.1, 0.15) is 0 Å². The smallest absolute Gasteiger partial charge is 0.0191 e. The monoisotopic (exact) mass is 305 g/mol. The Balaban J connectivity index is 1.89. The topological polar surface area (TPSA) is 3.24 Å². The van der Waals surface area contributed by atoms with Crippen LogP contribution in [0.4, 0.5) is 0 Å². The summed E-state index contributed by atoms with van der Waals surface area (Å²) in [6.07, 6.45) is 8.61. The molecule has 2 fully saturated rings. The molecule has 2 rings (SSSR count). The zero-order valence-corrected chi connectivity index (χ0v) is 12.8. The molecule has 1 unspecified atom stereocenters. The Morgan fingerprint density at radius 1 is 1.31 bits per heavy atom. The Hall–Kier alpha value is 0.790. The summed E-state index contributed by atoms with van der Waals surface area (Å²) in [6.45, 7) is 1.31. The van der Waals surface area contributed by atoms with E-state index in [1.165, 1.54) is 61.9 Å². The lowest BCUT2D eigenvalue weighted by Gasteiger charge is -2.40. The summed E-state index contributed by atoms with van der Waals surface area (Å²) in [4.78, 5) is 2.65. The van der Waals surface area contributed by atoms with Gasteiger partial charge in [0.25, 0.3) is 0 Å². The van der Waals surface area contributed by atoms with Gasteiger partial charge in [-0.25, -0.2) is 0 Å². The van der Waals surface area contributed by atoms with Crippen LogP contribution in [0.5, 0.6) is 0 Å². The first-order valence-corrected chi connectivity index (χ1v) is 8.87. The van der Waals surface area contributed by atoms with E-state index < -0.39 is 0 Å². The largest absolute Gasteiger partial charge is 0.302 e. The molecule has 0 amide bonds. The predicted octanol–water partition coefficient (Wildman–Crippen LogP) is 3.77. The summed E-state index contributed by atoms with van der Waals surface area (Å²) < 4.78 is 0. The third-order valence-corrected chi connectivity index (χ3v) is 6.65. The highest BCUT2D eigenvalue weighted by molar-refractivity contribution is 9.09. The van der Waals surface area contributed by atoms with Gasteiger partial charge in [0.15, 0.2) is 0 Å². The molecule has 0 aromatic rings. The number of halogens is 1. The Labute approximate surface area is 113 Å². The summed E-state index contributed by atoms with van der Waals surface area (Å²) in [5.74, 6) is 2.73. The van der Waals surface area contributed by atoms with Crippen molar-refractivity contribution in [3.05, 3.63) is 0 Å². The van der Waals surface area contributed by atoms with E-state index >= 15 is 0 Å². The van der Waals surface area contributed by atoms with E-state index in [0.29, 0.717) is 5.41 Å². The van der Waals surface area contributed by atoms with Crippen molar-refractivity contribution in [2.75, 3.05) is 30.4 Å². The van der Waals surface area contributed by atoms with E-state index in [4.69, 9.17) is 0 Å². The van der Waals surface area contributed by atoms with E-state index in [0.717, 1.165) is 6.04 Å². The lowest BCUT2D eigenvalue weighted by atomic mass is 9.75. The maximum Gasteiger partial charge on any atom is 0.0191 e. The van der Waals surface area contributed by atoms with Crippen molar-refractivity contribution in [3.63, 3.8) is 0 Å². The van der Waals surface area contributed by atoms with Crippen LogP contribution < -0.4 is 0 Å². The van der Waals surface area contributed by atoms with Crippen molar-refractivity contribution in [3.8, 4) is 0 Å². The number of thioether (sulfide) groups is 1. The normalized spacial score (nSPS) is 29.8. The Bertz CT molecular complexity index is 210. The molecule has 1 saturated carbocycles. The SMILES string of the molecule is CN(CC1(CBr)CCCCC1)C1CCSC1. The van der Waals surface area contributed by atoms with Gasteiger partial charge in [-0.2, -0.15) is 11.8 Å². The van der Waals surface area contributed by atoms with Crippen LogP contribution in [0.3, 0.4) is 0 Å². The highest BCUT2D eigenvalue weighted by Crippen LogP contribution is 2.39. The number of nitrogens with zero attached hydrogens (tertiary/aromatic N) is 1. The summed E-state index contributed by atoms with van der Waals surface area (Å²) in [7, 11) is 2.34.